The van der Waals surface area contributed by atoms with Crippen LogP contribution in [0.3, 0.4) is 0 Å². The molecule has 2 fully saturated rings. The number of fused-ring (bicyclic) bond motifs is 2. The number of alkyl halides is 6. The summed E-state index contributed by atoms with van der Waals surface area (Å²) in [5, 5.41) is 14.9. The predicted molar refractivity (Wildman–Crippen MR) is 129 cm³/mol. The van der Waals surface area contributed by atoms with E-state index in [1.54, 1.807) is 0 Å². The fraction of sp³-hybridized carbons (Fsp3) is 0.379. The van der Waals surface area contributed by atoms with E-state index in [0.29, 0.717) is 31.4 Å². The summed E-state index contributed by atoms with van der Waals surface area (Å²) in [5.74, 6) is -0.156. The summed E-state index contributed by atoms with van der Waals surface area (Å²) < 4.78 is 86.3. The second kappa shape index (κ2) is 10.0. The van der Waals surface area contributed by atoms with Crippen LogP contribution < -0.4 is 5.32 Å². The molecule has 3 aromatic carbocycles. The summed E-state index contributed by atoms with van der Waals surface area (Å²) in [4.78, 5) is 0. The molecule has 0 spiro atoms. The molecule has 2 aliphatic rings. The molecule has 2 bridgehead atoms. The number of halogens is 6. The second-order valence-corrected chi connectivity index (χ2v) is 10.1. The number of rotatable bonds is 6. The van der Waals surface area contributed by atoms with E-state index in [1.807, 2.05) is 60.7 Å². The third-order valence-electron chi connectivity index (χ3n) is 7.74. The molecule has 38 heavy (non-hydrogen) atoms. The minimum absolute atomic E-state index is 0.0318. The molecular weight excluding hydrogens is 508 g/mol. The van der Waals surface area contributed by atoms with Crippen LogP contribution >= 0.6 is 0 Å². The Balaban J connectivity index is 1.44. The van der Waals surface area contributed by atoms with Crippen LogP contribution in [0.4, 0.5) is 26.3 Å². The Hall–Kier alpha value is -2.88. The normalized spacial score (nSPS) is 26.3. The molecule has 2 N–H and O–H groups in total. The number of ether oxygens (including phenoxy) is 1. The van der Waals surface area contributed by atoms with Gasteiger partial charge in [0.15, 0.2) is 0 Å². The summed E-state index contributed by atoms with van der Waals surface area (Å²) in [5.41, 5.74) is -1.99. The molecule has 3 aromatic rings. The standard InChI is InChI=1S/C29H27F6NO2/c30-28(31,32)21-13-18(14-22(15-21)29(33,34)35)17-38-25-12-11-24-23(26(37)19-7-3-1-4-8-19)16-27(25,36-24)20-9-5-2-6-10-20/h1-10,13-15,23-26,36-37H,11-12,16-17H2. The fourth-order valence-corrected chi connectivity index (χ4v) is 5.98. The lowest BCUT2D eigenvalue weighted by Gasteiger charge is -2.42. The largest absolute Gasteiger partial charge is 0.416 e. The maximum absolute atomic E-state index is 13.4. The van der Waals surface area contributed by atoms with Gasteiger partial charge in [0.1, 0.15) is 0 Å². The van der Waals surface area contributed by atoms with Gasteiger partial charge < -0.3 is 15.2 Å². The topological polar surface area (TPSA) is 41.5 Å². The Kier molecular flexibility index (Phi) is 7.04. The quantitative estimate of drug-likeness (QED) is 0.334. The van der Waals surface area contributed by atoms with Crippen molar-refractivity contribution >= 4 is 0 Å². The first-order valence-electron chi connectivity index (χ1n) is 12.4. The van der Waals surface area contributed by atoms with Crippen molar-refractivity contribution in [1.82, 2.24) is 5.32 Å². The molecule has 0 amide bonds. The zero-order chi connectivity index (χ0) is 27.1. The van der Waals surface area contributed by atoms with Crippen molar-refractivity contribution in [3.05, 3.63) is 107 Å². The number of nitrogens with one attached hydrogen (secondary N) is 1. The van der Waals surface area contributed by atoms with Gasteiger partial charge in [-0.05, 0) is 54.2 Å². The van der Waals surface area contributed by atoms with Gasteiger partial charge in [-0.1, -0.05) is 60.7 Å². The Morgan fingerprint density at radius 3 is 2.00 bits per heavy atom. The molecular formula is C29H27F6NO2. The number of benzene rings is 3. The van der Waals surface area contributed by atoms with Crippen LogP contribution in [-0.2, 0) is 29.2 Å². The lowest BCUT2D eigenvalue weighted by molar-refractivity contribution is -0.143. The minimum atomic E-state index is -4.92. The summed E-state index contributed by atoms with van der Waals surface area (Å²) in [6, 6.07) is 20.3. The second-order valence-electron chi connectivity index (χ2n) is 10.1. The van der Waals surface area contributed by atoms with E-state index in [2.05, 4.69) is 5.32 Å². The molecule has 0 saturated carbocycles. The van der Waals surface area contributed by atoms with Gasteiger partial charge in [-0.3, -0.25) is 0 Å². The lowest BCUT2D eigenvalue weighted by Crippen LogP contribution is -2.54. The molecule has 9 heteroatoms. The number of piperidine rings is 1. The van der Waals surface area contributed by atoms with Gasteiger partial charge in [-0.2, -0.15) is 26.3 Å². The van der Waals surface area contributed by atoms with Crippen molar-refractivity contribution in [2.45, 2.75) is 62.0 Å². The zero-order valence-electron chi connectivity index (χ0n) is 20.3. The van der Waals surface area contributed by atoms with Gasteiger partial charge in [0.2, 0.25) is 0 Å². The van der Waals surface area contributed by atoms with E-state index in [-0.39, 0.29) is 23.6 Å². The van der Waals surface area contributed by atoms with Gasteiger partial charge in [0, 0.05) is 12.0 Å². The van der Waals surface area contributed by atoms with Crippen molar-refractivity contribution in [1.29, 1.82) is 0 Å². The smallest absolute Gasteiger partial charge is 0.388 e. The molecule has 5 rings (SSSR count). The first-order chi connectivity index (χ1) is 18.0. The number of aliphatic hydroxyl groups excluding tert-OH is 1. The average molecular weight is 536 g/mol. The summed E-state index contributed by atoms with van der Waals surface area (Å²) in [6.07, 6.45) is -9.44. The first kappa shape index (κ1) is 26.7. The molecule has 2 aliphatic heterocycles. The van der Waals surface area contributed by atoms with Crippen LogP contribution in [0.15, 0.2) is 78.9 Å². The third kappa shape index (κ3) is 5.19. The van der Waals surface area contributed by atoms with Crippen molar-refractivity contribution in [3.63, 3.8) is 0 Å². The van der Waals surface area contributed by atoms with Gasteiger partial charge >= 0.3 is 12.4 Å². The van der Waals surface area contributed by atoms with Crippen molar-refractivity contribution in [3.8, 4) is 0 Å². The van der Waals surface area contributed by atoms with Crippen LogP contribution in [0.1, 0.15) is 53.2 Å². The van der Waals surface area contributed by atoms with Gasteiger partial charge in [0.05, 0.1) is 35.5 Å². The van der Waals surface area contributed by atoms with Crippen LogP contribution in [0.5, 0.6) is 0 Å². The highest BCUT2D eigenvalue weighted by atomic mass is 19.4. The highest BCUT2D eigenvalue weighted by molar-refractivity contribution is 5.34. The summed E-state index contributed by atoms with van der Waals surface area (Å²) in [7, 11) is 0. The fourth-order valence-electron chi connectivity index (χ4n) is 5.98. The monoisotopic (exact) mass is 535 g/mol. The zero-order valence-corrected chi connectivity index (χ0v) is 20.3. The van der Waals surface area contributed by atoms with Crippen molar-refractivity contribution in [2.75, 3.05) is 0 Å². The van der Waals surface area contributed by atoms with Crippen LogP contribution in [0.2, 0.25) is 0 Å². The number of hydrogen-bond acceptors (Lipinski definition) is 3. The molecule has 202 valence electrons. The molecule has 3 nitrogen and oxygen atoms in total. The first-order valence-corrected chi connectivity index (χ1v) is 12.4. The van der Waals surface area contributed by atoms with Crippen LogP contribution in [-0.4, -0.2) is 17.3 Å². The molecule has 5 unspecified atom stereocenters. The summed E-state index contributed by atoms with van der Waals surface area (Å²) in [6.45, 7) is -0.412. The molecule has 2 saturated heterocycles. The van der Waals surface area contributed by atoms with E-state index < -0.39 is 47.8 Å². The van der Waals surface area contributed by atoms with E-state index >= 15 is 0 Å². The molecule has 0 aromatic heterocycles. The Morgan fingerprint density at radius 1 is 0.842 bits per heavy atom. The van der Waals surface area contributed by atoms with Crippen LogP contribution in [0, 0.1) is 5.92 Å². The van der Waals surface area contributed by atoms with Crippen molar-refractivity contribution < 1.29 is 36.2 Å². The SMILES string of the molecule is OC(c1ccccc1)C1CC2(c3ccccc3)NC1CCC2OCc1cc(C(F)(F)F)cc(C(F)(F)F)c1. The van der Waals surface area contributed by atoms with Gasteiger partial charge in [-0.15, -0.1) is 0 Å². The maximum Gasteiger partial charge on any atom is 0.416 e. The van der Waals surface area contributed by atoms with Crippen molar-refractivity contribution in [2.24, 2.45) is 5.92 Å². The summed E-state index contributed by atoms with van der Waals surface area (Å²) >= 11 is 0. The highest BCUT2D eigenvalue weighted by Crippen LogP contribution is 2.51. The Morgan fingerprint density at radius 2 is 1.42 bits per heavy atom. The predicted octanol–water partition coefficient (Wildman–Crippen LogP) is 7.01. The van der Waals surface area contributed by atoms with Gasteiger partial charge in [-0.25, -0.2) is 0 Å². The van der Waals surface area contributed by atoms with E-state index in [1.165, 1.54) is 0 Å². The number of hydrogen-bond donors (Lipinski definition) is 2. The molecule has 0 aliphatic carbocycles. The molecule has 5 atom stereocenters. The third-order valence-corrected chi connectivity index (χ3v) is 7.74. The van der Waals surface area contributed by atoms with Crippen LogP contribution in [0.25, 0.3) is 0 Å². The Labute approximate surface area is 216 Å². The maximum atomic E-state index is 13.4. The van der Waals surface area contributed by atoms with E-state index in [9.17, 15) is 31.4 Å². The minimum Gasteiger partial charge on any atom is -0.388 e. The van der Waals surface area contributed by atoms with Gasteiger partial charge in [0.25, 0.3) is 0 Å². The number of aliphatic hydroxyl groups is 1. The molecule has 2 heterocycles. The Bertz CT molecular complexity index is 1220. The molecule has 0 radical (unpaired) electrons. The van der Waals surface area contributed by atoms with E-state index in [4.69, 9.17) is 4.74 Å². The highest BCUT2D eigenvalue weighted by Gasteiger charge is 2.56. The lowest BCUT2D eigenvalue weighted by atomic mass is 9.79. The van der Waals surface area contributed by atoms with E-state index in [0.717, 1.165) is 11.1 Å². The average Bonchev–Trinajstić information content (AvgIpc) is 3.21.